The Labute approximate surface area is 412 Å². The third kappa shape index (κ3) is 10.3. The van der Waals surface area contributed by atoms with Gasteiger partial charge < -0.3 is 10.2 Å². The van der Waals surface area contributed by atoms with Gasteiger partial charge in [0.05, 0.1) is 43.9 Å². The summed E-state index contributed by atoms with van der Waals surface area (Å²) in [6, 6.07) is 62.9. The molecule has 8 rings (SSSR count). The Morgan fingerprint density at radius 2 is 0.739 bits per heavy atom. The van der Waals surface area contributed by atoms with Crippen molar-refractivity contribution < 1.29 is 10.2 Å². The van der Waals surface area contributed by atoms with Gasteiger partial charge in [-0.05, 0) is 114 Å². The fourth-order valence-electron chi connectivity index (χ4n) is 9.67. The van der Waals surface area contributed by atoms with E-state index in [1.165, 1.54) is 21.5 Å². The Morgan fingerprint density at radius 1 is 0.420 bits per heavy atom. The molecule has 2 N–H and O–H groups in total. The predicted molar refractivity (Wildman–Crippen MR) is 300 cm³/mol. The minimum absolute atomic E-state index is 0.0820. The number of nitrogens with zero attached hydrogens (tertiary/aromatic N) is 3. The molecule has 7 aromatic rings. The largest absolute Gasteiger partial charge is 0.507 e. The first kappa shape index (κ1) is 49.5. The second-order valence-electron chi connectivity index (χ2n) is 21.7. The molecule has 7 aromatic carbocycles. The van der Waals surface area contributed by atoms with Crippen LogP contribution in [-0.2, 0) is 16.2 Å². The zero-order valence-corrected chi connectivity index (χ0v) is 43.8. The van der Waals surface area contributed by atoms with E-state index in [1.807, 2.05) is 12.4 Å². The van der Waals surface area contributed by atoms with E-state index in [0.29, 0.717) is 11.3 Å². The highest BCUT2D eigenvalue weighted by Gasteiger charge is 2.45. The number of hydrogen-bond donors (Lipinski definition) is 2. The van der Waals surface area contributed by atoms with Crippen molar-refractivity contribution in [3.63, 3.8) is 0 Å². The van der Waals surface area contributed by atoms with Gasteiger partial charge >= 0.3 is 14.1 Å². The maximum atomic E-state index is 12.5. The summed E-state index contributed by atoms with van der Waals surface area (Å²) >= 11 is 0. The first-order valence-electron chi connectivity index (χ1n) is 24.6. The second-order valence-corrected chi connectivity index (χ2v) is 28.0. The summed E-state index contributed by atoms with van der Waals surface area (Å²) in [6.07, 6.45) is 7.68. The number of hydrogen-bond acceptors (Lipinski definition) is 4. The maximum Gasteiger partial charge on any atom is 0.301 e. The molecule has 69 heavy (non-hydrogen) atoms. The first-order chi connectivity index (χ1) is 32.9. The van der Waals surface area contributed by atoms with E-state index in [4.69, 9.17) is 14.2 Å². The highest BCUT2D eigenvalue weighted by atomic mass is 31.2. The van der Waals surface area contributed by atoms with Crippen LogP contribution in [0.15, 0.2) is 186 Å². The summed E-state index contributed by atoms with van der Waals surface area (Å²) in [7, 11) is -5.83. The first-order valence-corrected chi connectivity index (χ1v) is 28.0. The molecular weight excluding hydrogens is 881 g/mol. The van der Waals surface area contributed by atoms with Crippen molar-refractivity contribution in [1.29, 1.82) is 0 Å². The van der Waals surface area contributed by atoms with Crippen LogP contribution >= 0.6 is 14.1 Å². The van der Waals surface area contributed by atoms with Gasteiger partial charge in [0.2, 0.25) is 0 Å². The van der Waals surface area contributed by atoms with Crippen molar-refractivity contribution in [3.05, 3.63) is 204 Å². The monoisotopic (exact) mass is 950 g/mol. The number of aliphatic imine (C=N–C) groups is 2. The Bertz CT molecular complexity index is 2920. The third-order valence-corrected chi connectivity index (χ3v) is 21.9. The highest BCUT2D eigenvalue weighted by molar-refractivity contribution is 7.93. The normalized spacial score (nSPS) is 16.2. The Morgan fingerprint density at radius 3 is 1.07 bits per heavy atom. The van der Waals surface area contributed by atoms with Crippen LogP contribution in [0.4, 0.5) is 0 Å². The van der Waals surface area contributed by atoms with Gasteiger partial charge in [-0.3, -0.25) is 9.98 Å². The summed E-state index contributed by atoms with van der Waals surface area (Å²) in [6.45, 7) is 19.6. The van der Waals surface area contributed by atoms with Crippen LogP contribution in [0.1, 0.15) is 116 Å². The molecule has 0 saturated heterocycles. The van der Waals surface area contributed by atoms with Crippen molar-refractivity contribution in [2.75, 3.05) is 0 Å². The number of rotatable bonds is 10. The predicted octanol–water partition coefficient (Wildman–Crippen LogP) is 12.6. The lowest BCUT2D eigenvalue weighted by Crippen LogP contribution is -2.32. The molecule has 1 fully saturated rings. The van der Waals surface area contributed by atoms with Crippen LogP contribution in [0, 0.1) is 0 Å². The number of phenolic OH excluding ortho intramolecular Hbond substituents is 2. The lowest BCUT2D eigenvalue weighted by molar-refractivity contribution is 0.390. The summed E-state index contributed by atoms with van der Waals surface area (Å²) < 4.78 is 6.68. The molecule has 0 aliphatic heterocycles. The summed E-state index contributed by atoms with van der Waals surface area (Å²) in [5.41, 5.74) is 3.59. The number of aromatic hydroxyl groups is 2. The molecule has 1 saturated carbocycles. The third-order valence-electron chi connectivity index (χ3n) is 13.5. The topological polar surface area (TPSA) is 79.3 Å². The molecule has 0 unspecified atom stereocenters. The van der Waals surface area contributed by atoms with Crippen LogP contribution in [0.5, 0.6) is 11.5 Å². The average Bonchev–Trinajstić information content (AvgIpc) is 3.34. The zero-order chi connectivity index (χ0) is 49.0. The molecule has 0 radical (unpaired) electrons. The van der Waals surface area contributed by atoms with E-state index in [9.17, 15) is 10.2 Å². The summed E-state index contributed by atoms with van der Waals surface area (Å²) in [4.78, 5) is 10.6. The fraction of sp³-hybridized carbons (Fsp3) is 0.290. The maximum absolute atomic E-state index is 12.5. The molecule has 1 aliphatic rings. The standard InChI is InChI=1S/C62H69N3O2P2/c1-60(2,3)47-39-45(58(66)54(41-47)61(4,5)6)43-63-56-37-25-26-38-57(56)64-44-46-40-53(42-55(59(46)67)62(7,8)9)69(51-33-21-13-22-34-51,52-35-23-14-24-36-52)65-68(48-27-15-10-16-28-48,49-29-17-11-18-30-49)50-31-19-12-20-32-50/h10-24,27-36,39-44,56-57H,25-26,37-38H2,1-9H3,(H,63,66)/p+1/b64-44+/t56-,57-/m0/s1. The fourth-order valence-corrected chi connectivity index (χ4v) is 19.2. The molecule has 0 heterocycles. The summed E-state index contributed by atoms with van der Waals surface area (Å²) in [5.74, 6) is 0.526. The number of phenols is 2. The minimum atomic E-state index is -3.01. The molecule has 5 nitrogen and oxygen atoms in total. The van der Waals surface area contributed by atoms with Gasteiger partial charge in [-0.1, -0.05) is 172 Å². The van der Waals surface area contributed by atoms with Crippen molar-refractivity contribution in [3.8, 4) is 11.5 Å². The Balaban J connectivity index is 1.42. The molecule has 0 aromatic heterocycles. The molecule has 0 spiro atoms. The van der Waals surface area contributed by atoms with E-state index in [-0.39, 0.29) is 28.7 Å². The summed E-state index contributed by atoms with van der Waals surface area (Å²) in [5, 5.41) is 31.0. The van der Waals surface area contributed by atoms with Crippen LogP contribution in [-0.4, -0.2) is 34.7 Å². The van der Waals surface area contributed by atoms with E-state index >= 15 is 0 Å². The van der Waals surface area contributed by atoms with Crippen LogP contribution in [0.25, 0.3) is 0 Å². The van der Waals surface area contributed by atoms with E-state index in [2.05, 4.69) is 238 Å². The van der Waals surface area contributed by atoms with E-state index < -0.39 is 19.5 Å². The minimum Gasteiger partial charge on any atom is -0.507 e. The smallest absolute Gasteiger partial charge is 0.301 e. The quantitative estimate of drug-likeness (QED) is 0.0814. The average molecular weight is 951 g/mol. The van der Waals surface area contributed by atoms with E-state index in [1.54, 1.807) is 0 Å². The Kier molecular flexibility index (Phi) is 14.5. The lowest BCUT2D eigenvalue weighted by atomic mass is 9.79. The van der Waals surface area contributed by atoms with Gasteiger partial charge in [0.25, 0.3) is 0 Å². The van der Waals surface area contributed by atoms with Crippen molar-refractivity contribution in [2.45, 2.75) is 116 Å². The van der Waals surface area contributed by atoms with Crippen molar-refractivity contribution in [2.24, 2.45) is 9.98 Å². The van der Waals surface area contributed by atoms with Gasteiger partial charge in [0.1, 0.15) is 11.5 Å². The zero-order valence-electron chi connectivity index (χ0n) is 42.0. The highest BCUT2D eigenvalue weighted by Crippen LogP contribution is 2.51. The van der Waals surface area contributed by atoms with Crippen LogP contribution in [0.2, 0.25) is 0 Å². The molecule has 2 atom stereocenters. The Hall–Kier alpha value is -5.95. The van der Waals surface area contributed by atoms with Crippen LogP contribution < -0.4 is 36.0 Å². The van der Waals surface area contributed by atoms with Crippen LogP contribution in [0.3, 0.4) is 0 Å². The molecule has 0 bridgehead atoms. The number of benzene rings is 7. The van der Waals surface area contributed by atoms with E-state index in [0.717, 1.165) is 58.3 Å². The van der Waals surface area contributed by atoms with Gasteiger partial charge in [-0.2, -0.15) is 0 Å². The molecule has 0 amide bonds. The van der Waals surface area contributed by atoms with Crippen molar-refractivity contribution >= 4 is 58.4 Å². The van der Waals surface area contributed by atoms with Gasteiger partial charge in [-0.15, -0.1) is 4.17 Å². The molecular formula is C62H70N3O2P2+. The van der Waals surface area contributed by atoms with Gasteiger partial charge in [-0.25, -0.2) is 0 Å². The van der Waals surface area contributed by atoms with Gasteiger partial charge in [0, 0.05) is 34.7 Å². The SMILES string of the molecule is CC(C)(C)c1cc(/C=N/[C@H]2CCCC[C@@H]2/N=C/c2cc(P(=[N+]=P(c3ccccc3)(c3ccccc3)c3ccccc3)(c3ccccc3)c3ccccc3)cc(C(C)(C)C)c2O)c(O)c(C(C)(C)C)c1. The lowest BCUT2D eigenvalue weighted by Gasteiger charge is -2.28. The van der Waals surface area contributed by atoms with Gasteiger partial charge in [0.15, 0.2) is 0 Å². The molecule has 354 valence electrons. The second kappa shape index (κ2) is 20.2. The molecule has 1 aliphatic carbocycles. The molecule has 7 heteroatoms. The van der Waals surface area contributed by atoms with Crippen molar-refractivity contribution in [1.82, 2.24) is 4.17 Å².